The van der Waals surface area contributed by atoms with Crippen LogP contribution in [0.1, 0.15) is 15.9 Å². The fourth-order valence-corrected chi connectivity index (χ4v) is 2.89. The van der Waals surface area contributed by atoms with Gasteiger partial charge in [-0.2, -0.15) is 0 Å². The minimum atomic E-state index is -0.280. The van der Waals surface area contributed by atoms with Gasteiger partial charge in [-0.05, 0) is 29.8 Å². The van der Waals surface area contributed by atoms with Crippen molar-refractivity contribution in [2.75, 3.05) is 28.4 Å². The molecule has 0 unspecified atom stereocenters. The summed E-state index contributed by atoms with van der Waals surface area (Å²) in [6, 6.07) is 6.46. The minimum absolute atomic E-state index is 0.280. The molecule has 0 saturated heterocycles. The molecule has 0 saturated carbocycles. The maximum Gasteiger partial charge on any atom is 0.189 e. The quantitative estimate of drug-likeness (QED) is 0.490. The Morgan fingerprint density at radius 1 is 0.808 bits per heavy atom. The highest BCUT2D eigenvalue weighted by atomic mass is 35.5. The predicted molar refractivity (Wildman–Crippen MR) is 102 cm³/mol. The third-order valence-electron chi connectivity index (χ3n) is 3.62. The molecule has 0 spiro atoms. The van der Waals surface area contributed by atoms with Gasteiger partial charge in [0.2, 0.25) is 0 Å². The van der Waals surface area contributed by atoms with Gasteiger partial charge in [-0.25, -0.2) is 0 Å². The van der Waals surface area contributed by atoms with Crippen LogP contribution < -0.4 is 18.9 Å². The van der Waals surface area contributed by atoms with E-state index in [1.807, 2.05) is 0 Å². The zero-order valence-electron chi connectivity index (χ0n) is 14.8. The summed E-state index contributed by atoms with van der Waals surface area (Å²) in [5.41, 5.74) is 1.00. The molecule has 0 bridgehead atoms. The third kappa shape index (κ3) is 4.23. The number of allylic oxidation sites excluding steroid dienone is 1. The molecule has 0 heterocycles. The first-order chi connectivity index (χ1) is 12.4. The second-order valence-electron chi connectivity index (χ2n) is 5.12. The van der Waals surface area contributed by atoms with Crippen LogP contribution in [0.3, 0.4) is 0 Å². The lowest BCUT2D eigenvalue weighted by molar-refractivity contribution is 0.104. The number of carbonyl (C=O) groups excluding carboxylic acids is 1. The highest BCUT2D eigenvalue weighted by Gasteiger charge is 2.15. The Hall–Kier alpha value is -2.37. The zero-order valence-corrected chi connectivity index (χ0v) is 16.3. The molecule has 0 aliphatic rings. The van der Waals surface area contributed by atoms with Crippen molar-refractivity contribution in [3.63, 3.8) is 0 Å². The van der Waals surface area contributed by atoms with Crippen molar-refractivity contribution in [2.45, 2.75) is 0 Å². The van der Waals surface area contributed by atoms with Crippen molar-refractivity contribution in [3.8, 4) is 23.0 Å². The molecule has 0 N–H and O–H groups in total. The summed E-state index contributed by atoms with van der Waals surface area (Å²) >= 11 is 12.3. The fourth-order valence-electron chi connectivity index (χ4n) is 2.35. The first-order valence-corrected chi connectivity index (χ1v) is 8.26. The van der Waals surface area contributed by atoms with E-state index in [9.17, 15) is 4.79 Å². The fraction of sp³-hybridized carbons (Fsp3) is 0.211. The van der Waals surface area contributed by atoms with E-state index in [1.165, 1.54) is 40.6 Å². The van der Waals surface area contributed by atoms with Crippen LogP contribution in [-0.4, -0.2) is 34.2 Å². The lowest BCUT2D eigenvalue weighted by Crippen LogP contribution is -2.00. The summed E-state index contributed by atoms with van der Waals surface area (Å²) in [5, 5.41) is 0.697. The standard InChI is InChI=1S/C19H18Cl2O5/c1-23-16-10-17(24-2)13(20)9-12(16)15(22)6-5-11-7-14(21)19(26-4)18(8-11)25-3/h5-10H,1-4H3/b6-5+. The van der Waals surface area contributed by atoms with Gasteiger partial charge in [0.15, 0.2) is 17.3 Å². The van der Waals surface area contributed by atoms with E-state index in [0.717, 1.165) is 0 Å². The van der Waals surface area contributed by atoms with Crippen molar-refractivity contribution in [2.24, 2.45) is 0 Å². The number of benzene rings is 2. The molecule has 0 aromatic heterocycles. The molecule has 138 valence electrons. The number of methoxy groups -OCH3 is 4. The van der Waals surface area contributed by atoms with E-state index in [2.05, 4.69) is 0 Å². The van der Waals surface area contributed by atoms with E-state index >= 15 is 0 Å². The molecule has 0 fully saturated rings. The first-order valence-electron chi connectivity index (χ1n) is 7.50. The highest BCUT2D eigenvalue weighted by molar-refractivity contribution is 6.33. The lowest BCUT2D eigenvalue weighted by atomic mass is 10.1. The second kappa shape index (κ2) is 8.83. The Morgan fingerprint density at radius 2 is 1.46 bits per heavy atom. The topological polar surface area (TPSA) is 54.0 Å². The maximum absolute atomic E-state index is 12.6. The van der Waals surface area contributed by atoms with E-state index in [-0.39, 0.29) is 5.78 Å². The summed E-state index contributed by atoms with van der Waals surface area (Å²) in [7, 11) is 5.97. The summed E-state index contributed by atoms with van der Waals surface area (Å²) in [6.45, 7) is 0. The molecule has 7 heteroatoms. The first kappa shape index (κ1) is 19.9. The Kier molecular flexibility index (Phi) is 6.77. The number of ether oxygens (including phenoxy) is 4. The number of ketones is 1. The molecule has 0 atom stereocenters. The zero-order chi connectivity index (χ0) is 19.3. The van der Waals surface area contributed by atoms with Gasteiger partial charge < -0.3 is 18.9 Å². The summed E-state index contributed by atoms with van der Waals surface area (Å²) in [5.74, 6) is 1.41. The van der Waals surface area contributed by atoms with Crippen LogP contribution >= 0.6 is 23.2 Å². The summed E-state index contributed by atoms with van der Waals surface area (Å²) in [6.07, 6.45) is 3.02. The van der Waals surface area contributed by atoms with Crippen LogP contribution in [0.5, 0.6) is 23.0 Å². The number of hydrogen-bond acceptors (Lipinski definition) is 5. The Balaban J connectivity index is 2.36. The largest absolute Gasteiger partial charge is 0.496 e. The number of carbonyl (C=O) groups is 1. The molecular formula is C19H18Cl2O5. The average Bonchev–Trinajstić information content (AvgIpc) is 2.65. The van der Waals surface area contributed by atoms with Gasteiger partial charge in [0.1, 0.15) is 11.5 Å². The Labute approximate surface area is 162 Å². The van der Waals surface area contributed by atoms with Crippen molar-refractivity contribution < 1.29 is 23.7 Å². The van der Waals surface area contributed by atoms with Crippen LogP contribution in [0, 0.1) is 0 Å². The molecule has 2 aromatic rings. The SMILES string of the molecule is COc1cc(OC)c(C(=O)/C=C/c2cc(Cl)c(OC)c(OC)c2)cc1Cl. The molecule has 0 aliphatic heterocycles. The van der Waals surface area contributed by atoms with E-state index < -0.39 is 0 Å². The van der Waals surface area contributed by atoms with Crippen molar-refractivity contribution in [1.82, 2.24) is 0 Å². The molecule has 0 aliphatic carbocycles. The molecule has 2 rings (SSSR count). The van der Waals surface area contributed by atoms with E-state index in [4.69, 9.17) is 42.1 Å². The van der Waals surface area contributed by atoms with Crippen LogP contribution in [0.4, 0.5) is 0 Å². The normalized spacial score (nSPS) is 10.7. The van der Waals surface area contributed by atoms with E-state index in [1.54, 1.807) is 24.3 Å². The maximum atomic E-state index is 12.6. The highest BCUT2D eigenvalue weighted by Crippen LogP contribution is 2.37. The summed E-state index contributed by atoms with van der Waals surface area (Å²) in [4.78, 5) is 12.6. The molecule has 0 amide bonds. The minimum Gasteiger partial charge on any atom is -0.496 e. The van der Waals surface area contributed by atoms with Crippen molar-refractivity contribution in [1.29, 1.82) is 0 Å². The Bertz CT molecular complexity index is 846. The smallest absolute Gasteiger partial charge is 0.189 e. The molecule has 5 nitrogen and oxygen atoms in total. The third-order valence-corrected chi connectivity index (χ3v) is 4.20. The van der Waals surface area contributed by atoms with Crippen LogP contribution in [-0.2, 0) is 0 Å². The summed E-state index contributed by atoms with van der Waals surface area (Å²) < 4.78 is 20.8. The number of halogens is 2. The van der Waals surface area contributed by atoms with Crippen molar-refractivity contribution >= 4 is 35.1 Å². The van der Waals surface area contributed by atoms with Crippen LogP contribution in [0.2, 0.25) is 10.0 Å². The van der Waals surface area contributed by atoms with Crippen LogP contribution in [0.15, 0.2) is 30.3 Å². The van der Waals surface area contributed by atoms with Gasteiger partial charge >= 0.3 is 0 Å². The van der Waals surface area contributed by atoms with Gasteiger partial charge in [0.05, 0.1) is 44.0 Å². The monoisotopic (exact) mass is 396 g/mol. The molecular weight excluding hydrogens is 379 g/mol. The number of rotatable bonds is 7. The molecule has 26 heavy (non-hydrogen) atoms. The van der Waals surface area contributed by atoms with Gasteiger partial charge in [-0.3, -0.25) is 4.79 Å². The Morgan fingerprint density at radius 3 is 2.04 bits per heavy atom. The average molecular weight is 397 g/mol. The van der Waals surface area contributed by atoms with Gasteiger partial charge in [0, 0.05) is 6.07 Å². The van der Waals surface area contributed by atoms with Gasteiger partial charge in [-0.1, -0.05) is 29.3 Å². The predicted octanol–water partition coefficient (Wildman–Crippen LogP) is 4.92. The van der Waals surface area contributed by atoms with Crippen LogP contribution in [0.25, 0.3) is 6.08 Å². The second-order valence-corrected chi connectivity index (χ2v) is 5.94. The van der Waals surface area contributed by atoms with Gasteiger partial charge in [0.25, 0.3) is 0 Å². The molecule has 2 aromatic carbocycles. The molecule has 0 radical (unpaired) electrons. The van der Waals surface area contributed by atoms with E-state index in [0.29, 0.717) is 44.2 Å². The lowest BCUT2D eigenvalue weighted by Gasteiger charge is -2.11. The van der Waals surface area contributed by atoms with Gasteiger partial charge in [-0.15, -0.1) is 0 Å². The number of hydrogen-bond donors (Lipinski definition) is 0. The van der Waals surface area contributed by atoms with Crippen molar-refractivity contribution in [3.05, 3.63) is 51.5 Å².